The molecule has 3 atom stereocenters. The topological polar surface area (TPSA) is 136 Å². The quantitative estimate of drug-likeness (QED) is 0.0551. The van der Waals surface area contributed by atoms with Gasteiger partial charge in [0.2, 0.25) is 0 Å². The number of benzene rings is 3. The number of hydrogen-bond donors (Lipinski definition) is 0. The number of nitrogens with zero attached hydrogens (tertiary/aromatic N) is 3. The smallest absolute Gasteiger partial charge is 0.308 e. The zero-order valence-corrected chi connectivity index (χ0v) is 45.7. The second kappa shape index (κ2) is 20.4. The molecule has 2 aromatic heterocycles. The fourth-order valence-corrected chi connectivity index (χ4v) is 13.7. The minimum Gasteiger partial charge on any atom is -0.469 e. The van der Waals surface area contributed by atoms with Crippen molar-refractivity contribution in [3.05, 3.63) is 125 Å². The van der Waals surface area contributed by atoms with Crippen molar-refractivity contribution in [1.29, 1.82) is 0 Å². The molecule has 0 spiro atoms. The van der Waals surface area contributed by atoms with E-state index in [0.717, 1.165) is 15.1 Å². The average molecular weight is 1070 g/mol. The van der Waals surface area contributed by atoms with E-state index in [2.05, 4.69) is 49.8 Å². The minimum atomic E-state index is -4.23. The van der Waals surface area contributed by atoms with Crippen molar-refractivity contribution in [2.75, 3.05) is 25.2 Å². The minimum absolute atomic E-state index is 0.00545. The molecule has 0 N–H and O–H groups in total. The Morgan fingerprint density at radius 1 is 0.942 bits per heavy atom. The van der Waals surface area contributed by atoms with Crippen molar-refractivity contribution >= 4 is 61.0 Å². The first kappa shape index (κ1) is 53.9. The molecule has 17 heteroatoms. The lowest BCUT2D eigenvalue weighted by Crippen LogP contribution is -2.42. The number of halogens is 3. The fourth-order valence-electron chi connectivity index (χ4n) is 8.67. The van der Waals surface area contributed by atoms with Gasteiger partial charge in [-0.3, -0.25) is 9.48 Å². The summed E-state index contributed by atoms with van der Waals surface area (Å²) >= 11 is 3.23. The maximum absolute atomic E-state index is 16.2. The first-order valence-electron chi connectivity index (χ1n) is 23.2. The Morgan fingerprint density at radius 2 is 1.64 bits per heavy atom. The molecule has 0 radical (unpaired) electrons. The molecule has 69 heavy (non-hydrogen) atoms. The first-order chi connectivity index (χ1) is 32.0. The van der Waals surface area contributed by atoms with Gasteiger partial charge in [0.25, 0.3) is 10.0 Å². The van der Waals surface area contributed by atoms with Gasteiger partial charge in [0, 0.05) is 34.4 Å². The van der Waals surface area contributed by atoms with Crippen molar-refractivity contribution in [1.82, 2.24) is 13.8 Å². The van der Waals surface area contributed by atoms with E-state index in [1.54, 1.807) is 53.4 Å². The largest absolute Gasteiger partial charge is 0.469 e. The second-order valence-electron chi connectivity index (χ2n) is 21.0. The number of carbonyl (C=O) groups is 1. The van der Waals surface area contributed by atoms with E-state index in [9.17, 15) is 21.6 Å². The third-order valence-electron chi connectivity index (χ3n) is 14.0. The second-order valence-corrected chi connectivity index (χ2v) is 31.2. The van der Waals surface area contributed by atoms with Gasteiger partial charge >= 0.3 is 5.97 Å². The van der Waals surface area contributed by atoms with Gasteiger partial charge in [0.15, 0.2) is 18.2 Å². The van der Waals surface area contributed by atoms with Gasteiger partial charge in [-0.25, -0.2) is 29.6 Å². The van der Waals surface area contributed by atoms with Crippen LogP contribution in [0.2, 0.25) is 18.1 Å². The molecule has 0 saturated heterocycles. The Kier molecular flexibility index (Phi) is 15.9. The molecular weight excluding hydrogens is 1000 g/mol. The molecule has 11 nitrogen and oxygen atoms in total. The highest BCUT2D eigenvalue weighted by atomic mass is 79.9. The SMILES string of the molecule is COC(=O)[C@H](C)Cc1cccc([C@@](C)(CCCC(C)(C)CS(=O)(=O)CCO[Si](C)(C)C(C)(C)C)n2nccc2-c2cc(Oc3ccc4c(ccn4S(=O)(=O)C4(C)CC=C(Br)C=C4F)c3)ccc2F)c1. The van der Waals surface area contributed by atoms with Gasteiger partial charge in [-0.15, -0.1) is 0 Å². The summed E-state index contributed by atoms with van der Waals surface area (Å²) in [5.74, 6) is -1.39. The van der Waals surface area contributed by atoms with Crippen molar-refractivity contribution in [2.24, 2.45) is 11.3 Å². The van der Waals surface area contributed by atoms with Crippen LogP contribution in [0.1, 0.15) is 92.2 Å². The van der Waals surface area contributed by atoms with Crippen LogP contribution >= 0.6 is 15.9 Å². The van der Waals surface area contributed by atoms with Crippen molar-refractivity contribution in [2.45, 2.75) is 116 Å². The number of carbonyl (C=O) groups excluding carboxylic acids is 1. The Bertz CT molecular complexity index is 3000. The highest BCUT2D eigenvalue weighted by Gasteiger charge is 2.46. The molecule has 0 aliphatic heterocycles. The summed E-state index contributed by atoms with van der Waals surface area (Å²) in [4.78, 5) is 12.4. The zero-order valence-electron chi connectivity index (χ0n) is 41.5. The standard InChI is InChI=1S/C52H66BrF2N3O8S2Si/c1-36(48(59)64-9)30-37-14-12-15-39(31-37)51(7,24-13-23-50(5,6)35-67(60,61)29-28-65-69(10,11)49(2,3)4)58-46(21-26-56-58)43-34-42(16-18-44(43)54)66-41-17-19-45-38(32-41)22-27-57(45)68(62,63)52(8)25-20-40(53)33-47(52)55/h12,14-22,26-27,31-34,36H,13,23-25,28-30,35H2,1-11H3/t36-,51-,52?/m1/s1. The maximum atomic E-state index is 16.2. The number of rotatable bonds is 20. The summed E-state index contributed by atoms with van der Waals surface area (Å²) in [5, 5.41) is 5.32. The molecule has 6 rings (SSSR count). The summed E-state index contributed by atoms with van der Waals surface area (Å²) in [7, 11) is -8.44. The Balaban J connectivity index is 1.28. The highest BCUT2D eigenvalue weighted by Crippen LogP contribution is 2.42. The predicted octanol–water partition coefficient (Wildman–Crippen LogP) is 12.7. The zero-order chi connectivity index (χ0) is 51.0. The third-order valence-corrected chi connectivity index (χ3v) is 23.4. The molecule has 5 aromatic rings. The van der Waals surface area contributed by atoms with Crippen LogP contribution in [0, 0.1) is 17.2 Å². The normalized spacial score (nSPS) is 17.5. The molecule has 0 saturated carbocycles. The molecule has 0 fully saturated rings. The first-order valence-corrected chi connectivity index (χ1v) is 30.1. The maximum Gasteiger partial charge on any atom is 0.308 e. The van der Waals surface area contributed by atoms with E-state index < -0.39 is 61.4 Å². The Labute approximate surface area is 416 Å². The van der Waals surface area contributed by atoms with E-state index in [1.165, 1.54) is 38.4 Å². The van der Waals surface area contributed by atoms with E-state index in [0.29, 0.717) is 58.3 Å². The molecule has 1 unspecified atom stereocenters. The lowest BCUT2D eigenvalue weighted by Gasteiger charge is -2.36. The number of methoxy groups -OCH3 is 1. The van der Waals surface area contributed by atoms with E-state index >= 15 is 8.78 Å². The summed E-state index contributed by atoms with van der Waals surface area (Å²) in [5.41, 5.74) is 1.33. The number of ether oxygens (including phenoxy) is 2. The molecule has 0 amide bonds. The number of allylic oxidation sites excluding steroid dienone is 3. The molecule has 374 valence electrons. The van der Waals surface area contributed by atoms with Crippen LogP contribution in [0.25, 0.3) is 22.2 Å². The summed E-state index contributed by atoms with van der Waals surface area (Å²) in [6.07, 6.45) is 7.86. The van der Waals surface area contributed by atoms with Gasteiger partial charge in [0.1, 0.15) is 27.9 Å². The molecule has 3 aromatic carbocycles. The van der Waals surface area contributed by atoms with Gasteiger partial charge < -0.3 is 13.9 Å². The van der Waals surface area contributed by atoms with Crippen molar-refractivity contribution < 1.29 is 44.3 Å². The number of hydrogen-bond acceptors (Lipinski definition) is 9. The van der Waals surface area contributed by atoms with Gasteiger partial charge in [-0.2, -0.15) is 5.10 Å². The van der Waals surface area contributed by atoms with Crippen LogP contribution < -0.4 is 4.74 Å². The third kappa shape index (κ3) is 11.9. The van der Waals surface area contributed by atoms with E-state index in [1.807, 2.05) is 52.0 Å². The van der Waals surface area contributed by atoms with Crippen LogP contribution in [-0.4, -0.2) is 74.8 Å². The number of fused-ring (bicyclic) bond motifs is 1. The average Bonchev–Trinajstić information content (AvgIpc) is 3.93. The van der Waals surface area contributed by atoms with Crippen molar-refractivity contribution in [3.8, 4) is 22.8 Å². The molecule has 1 aliphatic carbocycles. The molecular formula is C52H66BrF2N3O8S2Si. The van der Waals surface area contributed by atoms with Gasteiger partial charge in [-0.05, 0) is 129 Å². The predicted molar refractivity (Wildman–Crippen MR) is 277 cm³/mol. The molecule has 1 aliphatic rings. The van der Waals surface area contributed by atoms with Crippen LogP contribution in [-0.2, 0) is 45.8 Å². The summed E-state index contributed by atoms with van der Waals surface area (Å²) in [6.45, 7) is 19.9. The van der Waals surface area contributed by atoms with Crippen molar-refractivity contribution in [3.63, 3.8) is 0 Å². The summed E-state index contributed by atoms with van der Waals surface area (Å²) in [6, 6.07) is 20.5. The number of sulfone groups is 1. The van der Waals surface area contributed by atoms with Crippen LogP contribution in [0.3, 0.4) is 0 Å². The lowest BCUT2D eigenvalue weighted by atomic mass is 9.81. The monoisotopic (exact) mass is 1070 g/mol. The van der Waals surface area contributed by atoms with Crippen LogP contribution in [0.4, 0.5) is 8.78 Å². The lowest BCUT2D eigenvalue weighted by molar-refractivity contribution is -0.144. The van der Waals surface area contributed by atoms with Crippen LogP contribution in [0.5, 0.6) is 11.5 Å². The Hall–Kier alpha value is -4.42. The summed E-state index contributed by atoms with van der Waals surface area (Å²) < 4.78 is 105. The van der Waals surface area contributed by atoms with Gasteiger partial charge in [-0.1, -0.05) is 94.2 Å². The van der Waals surface area contributed by atoms with Gasteiger partial charge in [0.05, 0.1) is 41.3 Å². The Morgan fingerprint density at radius 3 is 2.32 bits per heavy atom. The molecule has 0 bridgehead atoms. The fraction of sp³-hybridized carbons (Fsp3) is 0.462. The molecule has 2 heterocycles. The van der Waals surface area contributed by atoms with E-state index in [-0.39, 0.29) is 41.1 Å². The number of esters is 1. The number of aromatic nitrogens is 3. The highest BCUT2D eigenvalue weighted by molar-refractivity contribution is 9.11. The van der Waals surface area contributed by atoms with Crippen LogP contribution in [0.15, 0.2) is 108 Å². The van der Waals surface area contributed by atoms with E-state index in [4.69, 9.17) is 19.0 Å².